The number of hydrogen-bond donors (Lipinski definition) is 2. The van der Waals surface area contributed by atoms with Crippen LogP contribution in [0.25, 0.3) is 21.9 Å². The van der Waals surface area contributed by atoms with Crippen LogP contribution < -0.4 is 10.2 Å². The average molecular weight is 359 g/mol. The van der Waals surface area contributed by atoms with Gasteiger partial charge in [-0.1, -0.05) is 24.3 Å². The number of aromatic nitrogens is 4. The molecule has 27 heavy (non-hydrogen) atoms. The Bertz CT molecular complexity index is 1060. The van der Waals surface area contributed by atoms with Gasteiger partial charge in [0.05, 0.1) is 16.6 Å². The summed E-state index contributed by atoms with van der Waals surface area (Å²) in [7, 11) is 2.16. The van der Waals surface area contributed by atoms with Gasteiger partial charge in [-0.2, -0.15) is 4.98 Å². The molecule has 0 atom stereocenters. The summed E-state index contributed by atoms with van der Waals surface area (Å²) in [6.45, 7) is 3.98. The van der Waals surface area contributed by atoms with Crippen LogP contribution >= 0.6 is 0 Å². The largest absolute Gasteiger partial charge is 0.353 e. The molecule has 5 rings (SSSR count). The molecule has 7 heteroatoms. The van der Waals surface area contributed by atoms with E-state index in [1.165, 1.54) is 0 Å². The minimum atomic E-state index is 0.557. The molecule has 1 aliphatic rings. The topological polar surface area (TPSA) is 73.0 Å². The number of nitrogens with one attached hydrogen (secondary N) is 2. The van der Waals surface area contributed by atoms with Crippen LogP contribution in [-0.4, -0.2) is 58.1 Å². The molecule has 7 nitrogen and oxygen atoms in total. The summed E-state index contributed by atoms with van der Waals surface area (Å²) in [4.78, 5) is 22.1. The molecule has 4 aromatic rings. The Balaban J connectivity index is 1.54. The Morgan fingerprint density at radius 1 is 0.852 bits per heavy atom. The number of fused-ring (bicyclic) bond motifs is 2. The second kappa shape index (κ2) is 6.51. The number of benzene rings is 2. The van der Waals surface area contributed by atoms with Crippen LogP contribution in [0.1, 0.15) is 0 Å². The molecule has 0 saturated carbocycles. The standard InChI is InChI=1S/C20H21N7/c1-26-10-12-27(13-11-26)18-14-6-2-3-7-15(14)21-20(24-18)25-19-22-16-8-4-5-9-17(16)23-19/h2-9H,10-13H2,1H3,(H2,21,22,23,24,25). The molecule has 3 heterocycles. The molecule has 0 radical (unpaired) electrons. The highest BCUT2D eigenvalue weighted by molar-refractivity contribution is 5.91. The minimum Gasteiger partial charge on any atom is -0.353 e. The molecule has 1 saturated heterocycles. The van der Waals surface area contributed by atoms with E-state index in [4.69, 9.17) is 9.97 Å². The van der Waals surface area contributed by atoms with Gasteiger partial charge in [-0.05, 0) is 31.3 Å². The molecule has 0 amide bonds. The first kappa shape index (κ1) is 16.0. The van der Waals surface area contributed by atoms with Crippen LogP contribution in [0.3, 0.4) is 0 Å². The first-order valence-corrected chi connectivity index (χ1v) is 9.18. The number of para-hydroxylation sites is 3. The molecular formula is C20H21N7. The van der Waals surface area contributed by atoms with Gasteiger partial charge in [0, 0.05) is 31.6 Å². The van der Waals surface area contributed by atoms with Gasteiger partial charge in [0.1, 0.15) is 5.82 Å². The number of piperazine rings is 1. The zero-order valence-electron chi connectivity index (χ0n) is 15.2. The van der Waals surface area contributed by atoms with Gasteiger partial charge in [0.2, 0.25) is 11.9 Å². The third kappa shape index (κ3) is 3.06. The maximum Gasteiger partial charge on any atom is 0.232 e. The normalized spacial score (nSPS) is 15.5. The van der Waals surface area contributed by atoms with Crippen LogP contribution in [0, 0.1) is 0 Å². The molecule has 136 valence electrons. The lowest BCUT2D eigenvalue weighted by Crippen LogP contribution is -2.45. The van der Waals surface area contributed by atoms with Crippen molar-refractivity contribution in [2.75, 3.05) is 43.4 Å². The number of rotatable bonds is 3. The Kier molecular flexibility index (Phi) is 3.86. The van der Waals surface area contributed by atoms with Gasteiger partial charge in [0.25, 0.3) is 0 Å². The summed E-state index contributed by atoms with van der Waals surface area (Å²) in [6.07, 6.45) is 0. The lowest BCUT2D eigenvalue weighted by atomic mass is 10.2. The molecule has 1 aliphatic heterocycles. The molecule has 0 aliphatic carbocycles. The molecule has 0 bridgehead atoms. The fourth-order valence-corrected chi connectivity index (χ4v) is 3.49. The summed E-state index contributed by atoms with van der Waals surface area (Å²) in [5.74, 6) is 2.19. The fourth-order valence-electron chi connectivity index (χ4n) is 3.49. The smallest absolute Gasteiger partial charge is 0.232 e. The van der Waals surface area contributed by atoms with Crippen molar-refractivity contribution in [1.82, 2.24) is 24.8 Å². The van der Waals surface area contributed by atoms with Crippen molar-refractivity contribution >= 4 is 39.7 Å². The third-order valence-electron chi connectivity index (χ3n) is 5.01. The minimum absolute atomic E-state index is 0.557. The van der Waals surface area contributed by atoms with Crippen LogP contribution in [0.4, 0.5) is 17.7 Å². The zero-order chi connectivity index (χ0) is 18.2. The maximum atomic E-state index is 4.84. The van der Waals surface area contributed by atoms with Crippen LogP contribution in [-0.2, 0) is 0 Å². The van der Waals surface area contributed by atoms with E-state index in [1.807, 2.05) is 42.5 Å². The molecule has 2 N–H and O–H groups in total. The van der Waals surface area contributed by atoms with Crippen molar-refractivity contribution in [2.24, 2.45) is 0 Å². The molecule has 2 aromatic carbocycles. The zero-order valence-corrected chi connectivity index (χ0v) is 15.2. The van der Waals surface area contributed by atoms with Crippen molar-refractivity contribution in [2.45, 2.75) is 0 Å². The van der Waals surface area contributed by atoms with Crippen LogP contribution in [0.2, 0.25) is 0 Å². The van der Waals surface area contributed by atoms with E-state index >= 15 is 0 Å². The number of imidazole rings is 1. The first-order chi connectivity index (χ1) is 13.3. The molecule has 2 aromatic heterocycles. The predicted octanol–water partition coefficient (Wildman–Crippen LogP) is 3.00. The average Bonchev–Trinajstić information content (AvgIpc) is 3.10. The number of H-pyrrole nitrogens is 1. The molecule has 1 fully saturated rings. The van der Waals surface area contributed by atoms with Gasteiger partial charge >= 0.3 is 0 Å². The van der Waals surface area contributed by atoms with E-state index in [2.05, 4.69) is 38.2 Å². The van der Waals surface area contributed by atoms with E-state index in [0.717, 1.165) is 53.9 Å². The van der Waals surface area contributed by atoms with Gasteiger partial charge < -0.3 is 14.8 Å². The van der Waals surface area contributed by atoms with Crippen molar-refractivity contribution < 1.29 is 0 Å². The summed E-state index contributed by atoms with van der Waals surface area (Å²) in [5.41, 5.74) is 2.83. The van der Waals surface area contributed by atoms with E-state index in [9.17, 15) is 0 Å². The Morgan fingerprint density at radius 2 is 1.59 bits per heavy atom. The Labute approximate surface area is 157 Å². The Hall–Kier alpha value is -3.19. The van der Waals surface area contributed by atoms with Gasteiger partial charge in [-0.25, -0.2) is 9.97 Å². The summed E-state index contributed by atoms with van der Waals surface area (Å²) >= 11 is 0. The SMILES string of the molecule is CN1CCN(c2nc(Nc3nc4ccccc4[nH]3)nc3ccccc23)CC1. The second-order valence-corrected chi connectivity index (χ2v) is 6.91. The van der Waals surface area contributed by atoms with Crippen molar-refractivity contribution in [3.63, 3.8) is 0 Å². The van der Waals surface area contributed by atoms with Gasteiger partial charge in [-0.3, -0.25) is 5.32 Å². The maximum absolute atomic E-state index is 4.84. The lowest BCUT2D eigenvalue weighted by molar-refractivity contribution is 0.312. The Morgan fingerprint density at radius 3 is 2.41 bits per heavy atom. The number of nitrogens with zero attached hydrogens (tertiary/aromatic N) is 5. The molecular weight excluding hydrogens is 338 g/mol. The summed E-state index contributed by atoms with van der Waals surface area (Å²) < 4.78 is 0. The van der Waals surface area contributed by atoms with Crippen molar-refractivity contribution in [3.8, 4) is 0 Å². The van der Waals surface area contributed by atoms with Gasteiger partial charge in [0.15, 0.2) is 0 Å². The van der Waals surface area contributed by atoms with Gasteiger partial charge in [-0.15, -0.1) is 0 Å². The van der Waals surface area contributed by atoms with E-state index in [-0.39, 0.29) is 0 Å². The van der Waals surface area contributed by atoms with E-state index in [1.54, 1.807) is 0 Å². The monoisotopic (exact) mass is 359 g/mol. The van der Waals surface area contributed by atoms with E-state index < -0.39 is 0 Å². The highest BCUT2D eigenvalue weighted by Gasteiger charge is 2.19. The van der Waals surface area contributed by atoms with E-state index in [0.29, 0.717) is 11.9 Å². The number of anilines is 3. The number of likely N-dealkylation sites (N-methyl/N-ethyl adjacent to an activating group) is 1. The first-order valence-electron chi connectivity index (χ1n) is 9.18. The van der Waals surface area contributed by atoms with Crippen molar-refractivity contribution in [1.29, 1.82) is 0 Å². The van der Waals surface area contributed by atoms with Crippen LogP contribution in [0.5, 0.6) is 0 Å². The highest BCUT2D eigenvalue weighted by atomic mass is 15.3. The quantitative estimate of drug-likeness (QED) is 0.586. The molecule has 0 unspecified atom stereocenters. The predicted molar refractivity (Wildman–Crippen MR) is 109 cm³/mol. The highest BCUT2D eigenvalue weighted by Crippen LogP contribution is 2.27. The third-order valence-corrected chi connectivity index (χ3v) is 5.01. The number of aromatic amines is 1. The second-order valence-electron chi connectivity index (χ2n) is 6.91. The lowest BCUT2D eigenvalue weighted by Gasteiger charge is -2.33. The summed E-state index contributed by atoms with van der Waals surface area (Å²) in [6, 6.07) is 16.1. The molecule has 0 spiro atoms. The number of hydrogen-bond acceptors (Lipinski definition) is 6. The van der Waals surface area contributed by atoms with Crippen molar-refractivity contribution in [3.05, 3.63) is 48.5 Å². The summed E-state index contributed by atoms with van der Waals surface area (Å²) in [5, 5.41) is 4.33. The fraction of sp³-hybridized carbons (Fsp3) is 0.250. The van der Waals surface area contributed by atoms with Crippen LogP contribution in [0.15, 0.2) is 48.5 Å².